The normalized spacial score (nSPS) is 10.6. The van der Waals surface area contributed by atoms with Gasteiger partial charge in [0.25, 0.3) is 11.6 Å². The van der Waals surface area contributed by atoms with Crippen molar-refractivity contribution >= 4 is 52.1 Å². The van der Waals surface area contributed by atoms with Crippen molar-refractivity contribution < 1.29 is 14.5 Å². The molecule has 0 fully saturated rings. The van der Waals surface area contributed by atoms with Crippen LogP contribution < -0.4 is 10.1 Å². The molecule has 1 aromatic heterocycles. The molecule has 0 atom stereocenters. The molecular formula is C17H11Cl3N4O4. The summed E-state index contributed by atoms with van der Waals surface area (Å²) in [5, 5.41) is 18.5. The van der Waals surface area contributed by atoms with E-state index in [1.165, 1.54) is 41.2 Å². The molecule has 0 radical (unpaired) electrons. The summed E-state index contributed by atoms with van der Waals surface area (Å²) in [6.07, 6.45) is 1.32. The molecule has 144 valence electrons. The van der Waals surface area contributed by atoms with Crippen molar-refractivity contribution in [3.8, 4) is 11.5 Å². The zero-order chi connectivity index (χ0) is 20.4. The lowest BCUT2D eigenvalue weighted by molar-refractivity contribution is -0.384. The maximum absolute atomic E-state index is 12.5. The van der Waals surface area contributed by atoms with E-state index in [0.29, 0.717) is 5.02 Å². The van der Waals surface area contributed by atoms with Gasteiger partial charge in [0.05, 0.1) is 32.9 Å². The number of aryl methyl sites for hydroxylation is 1. The molecule has 8 nitrogen and oxygen atoms in total. The number of nitro groups is 1. The molecule has 1 heterocycles. The number of non-ortho nitro benzene ring substituents is 1. The van der Waals surface area contributed by atoms with Crippen LogP contribution in [0.25, 0.3) is 0 Å². The molecule has 0 aliphatic heterocycles. The molecule has 0 saturated carbocycles. The van der Waals surface area contributed by atoms with Gasteiger partial charge in [0, 0.05) is 24.2 Å². The van der Waals surface area contributed by atoms with E-state index >= 15 is 0 Å². The standard InChI is InChI=1S/C17H11Cl3N4O4/c1-23-16(14(20)8-21-23)17(25)22-10-5-11(24(26)27)7-12(6-10)28-15-3-2-9(18)4-13(15)19/h2-8H,1H3,(H,22,25). The maximum atomic E-state index is 12.5. The van der Waals surface area contributed by atoms with Gasteiger partial charge in [-0.3, -0.25) is 19.6 Å². The lowest BCUT2D eigenvalue weighted by Gasteiger charge is -2.11. The van der Waals surface area contributed by atoms with Crippen molar-refractivity contribution in [2.45, 2.75) is 0 Å². The number of rotatable bonds is 5. The Balaban J connectivity index is 1.93. The van der Waals surface area contributed by atoms with Crippen LogP contribution in [-0.2, 0) is 7.05 Å². The zero-order valence-electron chi connectivity index (χ0n) is 14.1. The number of halogens is 3. The van der Waals surface area contributed by atoms with Gasteiger partial charge in [0.2, 0.25) is 0 Å². The van der Waals surface area contributed by atoms with Gasteiger partial charge in [-0.1, -0.05) is 34.8 Å². The predicted octanol–water partition coefficient (Wildman–Crippen LogP) is 5.33. The summed E-state index contributed by atoms with van der Waals surface area (Å²) >= 11 is 17.9. The molecule has 3 rings (SSSR count). The molecule has 0 bridgehead atoms. The summed E-state index contributed by atoms with van der Waals surface area (Å²) in [5.41, 5.74) is -0.0399. The van der Waals surface area contributed by atoms with E-state index in [9.17, 15) is 14.9 Å². The average Bonchev–Trinajstić information content (AvgIpc) is 2.95. The first-order valence-corrected chi connectivity index (χ1v) is 8.79. The van der Waals surface area contributed by atoms with Crippen molar-refractivity contribution in [2.75, 3.05) is 5.32 Å². The number of ether oxygens (including phenoxy) is 1. The van der Waals surface area contributed by atoms with Gasteiger partial charge in [0.15, 0.2) is 0 Å². The zero-order valence-corrected chi connectivity index (χ0v) is 16.4. The number of hydrogen-bond acceptors (Lipinski definition) is 5. The van der Waals surface area contributed by atoms with Gasteiger partial charge in [-0.15, -0.1) is 0 Å². The summed E-state index contributed by atoms with van der Waals surface area (Å²) in [5.74, 6) is -0.232. The molecule has 1 N–H and O–H groups in total. The molecule has 3 aromatic rings. The van der Waals surface area contributed by atoms with Crippen molar-refractivity contribution in [1.29, 1.82) is 0 Å². The predicted molar refractivity (Wildman–Crippen MR) is 106 cm³/mol. The van der Waals surface area contributed by atoms with Gasteiger partial charge in [-0.2, -0.15) is 5.10 Å². The number of amides is 1. The fourth-order valence-electron chi connectivity index (χ4n) is 2.36. The largest absolute Gasteiger partial charge is 0.455 e. The van der Waals surface area contributed by atoms with E-state index in [4.69, 9.17) is 39.5 Å². The Labute approximate surface area is 173 Å². The van der Waals surface area contributed by atoms with E-state index in [2.05, 4.69) is 10.4 Å². The second kappa shape index (κ2) is 8.05. The van der Waals surface area contributed by atoms with Crippen LogP contribution in [0, 0.1) is 10.1 Å². The highest BCUT2D eigenvalue weighted by Gasteiger charge is 2.18. The van der Waals surface area contributed by atoms with Crippen LogP contribution in [0.15, 0.2) is 42.6 Å². The smallest absolute Gasteiger partial charge is 0.275 e. The number of anilines is 1. The fraction of sp³-hybridized carbons (Fsp3) is 0.0588. The van der Waals surface area contributed by atoms with Gasteiger partial charge in [-0.05, 0) is 18.2 Å². The number of nitro benzene ring substituents is 1. The molecule has 1 amide bonds. The number of hydrogen-bond donors (Lipinski definition) is 1. The number of benzene rings is 2. The number of carbonyl (C=O) groups is 1. The quantitative estimate of drug-likeness (QED) is 0.426. The third-order valence-corrected chi connectivity index (χ3v) is 4.40. The number of nitrogens with one attached hydrogen (secondary N) is 1. The lowest BCUT2D eigenvalue weighted by atomic mass is 10.2. The Morgan fingerprint density at radius 1 is 1.18 bits per heavy atom. The molecule has 0 spiro atoms. The minimum absolute atomic E-state index is 0.102. The first kappa shape index (κ1) is 19.9. The SMILES string of the molecule is Cn1ncc(Cl)c1C(=O)Nc1cc(Oc2ccc(Cl)cc2Cl)cc([N+](=O)[O-])c1. The van der Waals surface area contributed by atoms with E-state index in [-0.39, 0.29) is 38.6 Å². The molecule has 0 aliphatic rings. The van der Waals surface area contributed by atoms with E-state index < -0.39 is 10.8 Å². The maximum Gasteiger partial charge on any atom is 0.275 e. The molecule has 2 aromatic carbocycles. The van der Waals surface area contributed by atoms with Crippen molar-refractivity contribution in [1.82, 2.24) is 9.78 Å². The second-order valence-corrected chi connectivity index (χ2v) is 6.82. The van der Waals surface area contributed by atoms with Crippen LogP contribution in [0.2, 0.25) is 15.1 Å². The monoisotopic (exact) mass is 440 g/mol. The summed E-state index contributed by atoms with van der Waals surface area (Å²) in [6, 6.07) is 8.38. The van der Waals surface area contributed by atoms with Gasteiger partial charge >= 0.3 is 0 Å². The topological polar surface area (TPSA) is 99.3 Å². The summed E-state index contributed by atoms with van der Waals surface area (Å²) in [6.45, 7) is 0. The summed E-state index contributed by atoms with van der Waals surface area (Å²) < 4.78 is 6.92. The van der Waals surface area contributed by atoms with E-state index in [0.717, 1.165) is 0 Å². The van der Waals surface area contributed by atoms with Crippen LogP contribution in [-0.4, -0.2) is 20.6 Å². The van der Waals surface area contributed by atoms with Crippen molar-refractivity contribution in [3.63, 3.8) is 0 Å². The van der Waals surface area contributed by atoms with Gasteiger partial charge in [-0.25, -0.2) is 0 Å². The molecular weight excluding hydrogens is 431 g/mol. The minimum atomic E-state index is -0.608. The Morgan fingerprint density at radius 2 is 1.93 bits per heavy atom. The highest BCUT2D eigenvalue weighted by molar-refractivity contribution is 6.35. The summed E-state index contributed by atoms with van der Waals surface area (Å²) in [4.78, 5) is 23.1. The Morgan fingerprint density at radius 3 is 2.54 bits per heavy atom. The number of nitrogens with zero attached hydrogens (tertiary/aromatic N) is 3. The first-order valence-electron chi connectivity index (χ1n) is 7.66. The second-order valence-electron chi connectivity index (χ2n) is 5.57. The van der Waals surface area contributed by atoms with Crippen LogP contribution in [0.5, 0.6) is 11.5 Å². The van der Waals surface area contributed by atoms with Crippen LogP contribution in [0.3, 0.4) is 0 Å². The molecule has 11 heteroatoms. The third-order valence-electron chi connectivity index (χ3n) is 3.59. The Hall–Kier alpha value is -2.81. The van der Waals surface area contributed by atoms with Gasteiger partial charge < -0.3 is 10.1 Å². The van der Waals surface area contributed by atoms with Crippen LogP contribution in [0.1, 0.15) is 10.5 Å². The lowest BCUT2D eigenvalue weighted by Crippen LogP contribution is -2.16. The van der Waals surface area contributed by atoms with Crippen molar-refractivity contribution in [2.24, 2.45) is 7.05 Å². The first-order chi connectivity index (χ1) is 13.2. The molecule has 28 heavy (non-hydrogen) atoms. The Kier molecular flexibility index (Phi) is 5.73. The Bertz CT molecular complexity index is 1060. The highest BCUT2D eigenvalue weighted by atomic mass is 35.5. The van der Waals surface area contributed by atoms with E-state index in [1.54, 1.807) is 13.1 Å². The van der Waals surface area contributed by atoms with E-state index in [1.807, 2.05) is 0 Å². The molecule has 0 unspecified atom stereocenters. The van der Waals surface area contributed by atoms with Crippen LogP contribution in [0.4, 0.5) is 11.4 Å². The summed E-state index contributed by atoms with van der Waals surface area (Å²) in [7, 11) is 1.55. The fourth-order valence-corrected chi connectivity index (χ4v) is 3.06. The average molecular weight is 442 g/mol. The number of aromatic nitrogens is 2. The van der Waals surface area contributed by atoms with Crippen molar-refractivity contribution in [3.05, 3.63) is 73.5 Å². The van der Waals surface area contributed by atoms with Crippen LogP contribution >= 0.6 is 34.8 Å². The third kappa shape index (κ3) is 4.36. The molecule has 0 aliphatic carbocycles. The number of carbonyl (C=O) groups excluding carboxylic acids is 1. The molecule has 0 saturated heterocycles. The minimum Gasteiger partial charge on any atom is -0.455 e. The van der Waals surface area contributed by atoms with Gasteiger partial charge in [0.1, 0.15) is 17.2 Å². The highest BCUT2D eigenvalue weighted by Crippen LogP contribution is 2.34.